The van der Waals surface area contributed by atoms with Gasteiger partial charge in [0.2, 0.25) is 0 Å². The van der Waals surface area contributed by atoms with Crippen LogP contribution in [-0.2, 0) is 4.74 Å². The fraction of sp³-hybridized carbons (Fsp3) is 0.933. The first-order chi connectivity index (χ1) is 9.02. The maximum Gasteiger partial charge on any atom is 0.407 e. The SMILES string of the molecule is CC(CCNC1CC(O)C1(C)C)NC(=O)OC(C)(C)C. The van der Waals surface area contributed by atoms with Crippen molar-refractivity contribution in [3.63, 3.8) is 0 Å². The summed E-state index contributed by atoms with van der Waals surface area (Å²) in [6.45, 7) is 12.5. The number of hydrogen-bond acceptors (Lipinski definition) is 4. The van der Waals surface area contributed by atoms with Gasteiger partial charge in [0, 0.05) is 17.5 Å². The first kappa shape index (κ1) is 17.2. The monoisotopic (exact) mass is 286 g/mol. The van der Waals surface area contributed by atoms with Gasteiger partial charge in [-0.1, -0.05) is 13.8 Å². The molecule has 0 bridgehead atoms. The van der Waals surface area contributed by atoms with E-state index in [1.807, 2.05) is 27.7 Å². The molecule has 3 atom stereocenters. The second-order valence-electron chi connectivity index (χ2n) is 7.42. The second kappa shape index (κ2) is 6.31. The van der Waals surface area contributed by atoms with Gasteiger partial charge in [-0.05, 0) is 47.1 Å². The molecule has 1 aliphatic carbocycles. The average molecular weight is 286 g/mol. The Bertz CT molecular complexity index is 337. The standard InChI is InChI=1S/C15H30N2O3/c1-10(17-13(19)20-14(2,3)4)7-8-16-11-9-12(18)15(11,5)6/h10-12,16,18H,7-9H2,1-6H3,(H,17,19). The van der Waals surface area contributed by atoms with E-state index >= 15 is 0 Å². The molecule has 0 spiro atoms. The molecule has 1 fully saturated rings. The number of rotatable bonds is 5. The van der Waals surface area contributed by atoms with Gasteiger partial charge in [0.1, 0.15) is 5.60 Å². The van der Waals surface area contributed by atoms with Crippen LogP contribution in [0.15, 0.2) is 0 Å². The van der Waals surface area contributed by atoms with Crippen LogP contribution in [0.5, 0.6) is 0 Å². The Balaban J connectivity index is 2.18. The van der Waals surface area contributed by atoms with Crippen LogP contribution in [0.1, 0.15) is 54.4 Å². The van der Waals surface area contributed by atoms with E-state index in [0.29, 0.717) is 6.04 Å². The molecule has 20 heavy (non-hydrogen) atoms. The van der Waals surface area contributed by atoms with Crippen molar-refractivity contribution in [3.05, 3.63) is 0 Å². The Labute approximate surface area is 122 Å². The minimum absolute atomic E-state index is 0.0537. The Hall–Kier alpha value is -0.810. The molecular weight excluding hydrogens is 256 g/mol. The van der Waals surface area contributed by atoms with Gasteiger partial charge in [0.05, 0.1) is 6.10 Å². The largest absolute Gasteiger partial charge is 0.444 e. The second-order valence-corrected chi connectivity index (χ2v) is 7.42. The number of aliphatic hydroxyl groups is 1. The summed E-state index contributed by atoms with van der Waals surface area (Å²) in [6.07, 6.45) is 1.06. The Kier molecular flexibility index (Phi) is 5.44. The van der Waals surface area contributed by atoms with Crippen LogP contribution in [0.2, 0.25) is 0 Å². The van der Waals surface area contributed by atoms with Crippen molar-refractivity contribution in [2.75, 3.05) is 6.54 Å². The first-order valence-electron chi connectivity index (χ1n) is 7.43. The van der Waals surface area contributed by atoms with Crippen LogP contribution >= 0.6 is 0 Å². The lowest BCUT2D eigenvalue weighted by molar-refractivity contribution is -0.0723. The zero-order valence-electron chi connectivity index (χ0n) is 13.6. The van der Waals surface area contributed by atoms with Gasteiger partial charge in [0.15, 0.2) is 0 Å². The van der Waals surface area contributed by atoms with Gasteiger partial charge in [-0.15, -0.1) is 0 Å². The van der Waals surface area contributed by atoms with Gasteiger partial charge in [-0.25, -0.2) is 4.79 Å². The molecule has 5 heteroatoms. The van der Waals surface area contributed by atoms with Crippen molar-refractivity contribution in [2.45, 2.75) is 78.2 Å². The highest BCUT2D eigenvalue weighted by Gasteiger charge is 2.46. The van der Waals surface area contributed by atoms with E-state index in [-0.39, 0.29) is 23.7 Å². The molecule has 0 saturated heterocycles. The Morgan fingerprint density at radius 1 is 1.45 bits per heavy atom. The summed E-state index contributed by atoms with van der Waals surface area (Å²) >= 11 is 0. The minimum atomic E-state index is -0.464. The number of aliphatic hydroxyl groups excluding tert-OH is 1. The number of amides is 1. The zero-order chi connectivity index (χ0) is 15.6. The summed E-state index contributed by atoms with van der Waals surface area (Å²) in [4.78, 5) is 11.6. The third-order valence-corrected chi connectivity index (χ3v) is 3.95. The lowest BCUT2D eigenvalue weighted by Crippen LogP contribution is -2.60. The summed E-state index contributed by atoms with van der Waals surface area (Å²) < 4.78 is 5.21. The van der Waals surface area contributed by atoms with Crippen molar-refractivity contribution >= 4 is 6.09 Å². The third-order valence-electron chi connectivity index (χ3n) is 3.95. The molecule has 3 unspecified atom stereocenters. The normalized spacial score (nSPS) is 26.6. The number of nitrogens with one attached hydrogen (secondary N) is 2. The maximum absolute atomic E-state index is 11.6. The molecule has 118 valence electrons. The molecule has 5 nitrogen and oxygen atoms in total. The highest BCUT2D eigenvalue weighted by molar-refractivity contribution is 5.67. The van der Waals surface area contributed by atoms with Crippen LogP contribution in [0, 0.1) is 5.41 Å². The quantitative estimate of drug-likeness (QED) is 0.723. The highest BCUT2D eigenvalue weighted by atomic mass is 16.6. The molecule has 3 N–H and O–H groups in total. The van der Waals surface area contributed by atoms with Crippen molar-refractivity contribution in [1.82, 2.24) is 10.6 Å². The lowest BCUT2D eigenvalue weighted by atomic mass is 9.64. The Morgan fingerprint density at radius 3 is 2.50 bits per heavy atom. The number of hydrogen-bond donors (Lipinski definition) is 3. The summed E-state index contributed by atoms with van der Waals surface area (Å²) in [6, 6.07) is 0.414. The van der Waals surface area contributed by atoms with Crippen molar-refractivity contribution in [2.24, 2.45) is 5.41 Å². The topological polar surface area (TPSA) is 70.6 Å². The third kappa shape index (κ3) is 4.94. The van der Waals surface area contributed by atoms with Crippen molar-refractivity contribution in [3.8, 4) is 0 Å². The van der Waals surface area contributed by atoms with E-state index in [1.165, 1.54) is 0 Å². The van der Waals surface area contributed by atoms with E-state index < -0.39 is 5.60 Å². The fourth-order valence-corrected chi connectivity index (χ4v) is 2.30. The van der Waals surface area contributed by atoms with E-state index in [4.69, 9.17) is 4.74 Å². The molecule has 0 aromatic heterocycles. The minimum Gasteiger partial charge on any atom is -0.444 e. The smallest absolute Gasteiger partial charge is 0.407 e. The van der Waals surface area contributed by atoms with Crippen LogP contribution in [0.25, 0.3) is 0 Å². The van der Waals surface area contributed by atoms with Gasteiger partial charge in [-0.3, -0.25) is 0 Å². The molecule has 0 aliphatic heterocycles. The molecule has 1 rings (SSSR count). The lowest BCUT2D eigenvalue weighted by Gasteiger charge is -2.49. The van der Waals surface area contributed by atoms with Crippen LogP contribution in [-0.4, -0.2) is 41.5 Å². The van der Waals surface area contributed by atoms with Gasteiger partial charge < -0.3 is 20.5 Å². The number of carbonyl (C=O) groups excluding carboxylic acids is 1. The van der Waals surface area contributed by atoms with Crippen LogP contribution in [0.4, 0.5) is 4.79 Å². The van der Waals surface area contributed by atoms with E-state index in [0.717, 1.165) is 19.4 Å². The summed E-state index contributed by atoms with van der Waals surface area (Å²) in [5, 5.41) is 15.9. The molecule has 0 heterocycles. The van der Waals surface area contributed by atoms with Crippen molar-refractivity contribution in [1.29, 1.82) is 0 Å². The van der Waals surface area contributed by atoms with Crippen LogP contribution < -0.4 is 10.6 Å². The summed E-state index contributed by atoms with van der Waals surface area (Å²) in [7, 11) is 0. The molecule has 0 aromatic rings. The molecule has 0 aromatic carbocycles. The fourth-order valence-electron chi connectivity index (χ4n) is 2.30. The molecule has 1 amide bonds. The number of alkyl carbamates (subject to hydrolysis) is 1. The van der Waals surface area contributed by atoms with Gasteiger partial charge in [0.25, 0.3) is 0 Å². The molecule has 0 radical (unpaired) electrons. The number of ether oxygens (including phenoxy) is 1. The highest BCUT2D eigenvalue weighted by Crippen LogP contribution is 2.40. The van der Waals surface area contributed by atoms with E-state index in [9.17, 15) is 9.90 Å². The number of carbonyl (C=O) groups is 1. The molecule has 1 saturated carbocycles. The molecular formula is C15H30N2O3. The zero-order valence-corrected chi connectivity index (χ0v) is 13.6. The summed E-state index contributed by atoms with van der Waals surface area (Å²) in [5.74, 6) is 0. The van der Waals surface area contributed by atoms with Gasteiger partial charge >= 0.3 is 6.09 Å². The molecule has 1 aliphatic rings. The predicted molar refractivity (Wildman–Crippen MR) is 79.6 cm³/mol. The average Bonchev–Trinajstić information content (AvgIpc) is 2.25. The Morgan fingerprint density at radius 2 is 2.05 bits per heavy atom. The van der Waals surface area contributed by atoms with Crippen LogP contribution in [0.3, 0.4) is 0 Å². The van der Waals surface area contributed by atoms with Gasteiger partial charge in [-0.2, -0.15) is 0 Å². The van der Waals surface area contributed by atoms with Crippen molar-refractivity contribution < 1.29 is 14.6 Å². The first-order valence-corrected chi connectivity index (χ1v) is 7.43. The summed E-state index contributed by atoms with van der Waals surface area (Å²) in [5.41, 5.74) is -0.518. The predicted octanol–water partition coefficient (Wildman–Crippen LogP) is 2.04. The van der Waals surface area contributed by atoms with E-state index in [2.05, 4.69) is 24.5 Å². The van der Waals surface area contributed by atoms with E-state index in [1.54, 1.807) is 0 Å². The maximum atomic E-state index is 11.6.